The second kappa shape index (κ2) is 6.13. The number of rotatable bonds is 5. The first-order valence-electron chi connectivity index (χ1n) is 6.86. The maximum atomic E-state index is 13.7. The van der Waals surface area contributed by atoms with E-state index < -0.39 is 29.5 Å². The number of carbonyl (C=O) groups excluding carboxylic acids is 2. The highest BCUT2D eigenvalue weighted by Crippen LogP contribution is 2.37. The van der Waals surface area contributed by atoms with Gasteiger partial charge in [0.25, 0.3) is 5.91 Å². The minimum atomic E-state index is -1.17. The van der Waals surface area contributed by atoms with E-state index in [4.69, 9.17) is 5.11 Å². The van der Waals surface area contributed by atoms with Crippen LogP contribution in [-0.2, 0) is 9.59 Å². The van der Waals surface area contributed by atoms with E-state index in [2.05, 4.69) is 5.32 Å². The summed E-state index contributed by atoms with van der Waals surface area (Å²) in [6.07, 6.45) is 1.41. The lowest BCUT2D eigenvalue weighted by Gasteiger charge is -2.14. The number of carboxylic acid groups (broad SMARTS) is 1. The highest BCUT2D eigenvalue weighted by atomic mass is 19.1. The molecule has 6 nitrogen and oxygen atoms in total. The minimum Gasteiger partial charge on any atom is -0.481 e. The summed E-state index contributed by atoms with van der Waals surface area (Å²) in [5.74, 6) is -4.32. The molecule has 1 aliphatic carbocycles. The van der Waals surface area contributed by atoms with Crippen molar-refractivity contribution in [1.82, 2.24) is 4.90 Å². The summed E-state index contributed by atoms with van der Waals surface area (Å²) in [4.78, 5) is 36.3. The van der Waals surface area contributed by atoms with E-state index in [1.54, 1.807) is 0 Å². The lowest BCUT2D eigenvalue weighted by molar-refractivity contribution is -0.146. The highest BCUT2D eigenvalue weighted by molar-refractivity contribution is 6.05. The third kappa shape index (κ3) is 3.41. The fraction of sp³-hybridized carbons (Fsp3) is 0.400. The molecule has 7 heteroatoms. The lowest BCUT2D eigenvalue weighted by atomic mass is 10.0. The van der Waals surface area contributed by atoms with Crippen LogP contribution in [0.2, 0.25) is 0 Å². The van der Waals surface area contributed by atoms with Crippen LogP contribution in [0.15, 0.2) is 18.2 Å². The Labute approximate surface area is 126 Å². The average molecular weight is 308 g/mol. The van der Waals surface area contributed by atoms with E-state index in [0.717, 1.165) is 6.07 Å². The molecule has 0 heterocycles. The SMILES string of the molecule is CN(C)C(=O)c1cc(NC(=O)C(C(=O)O)C2CC2)ccc1F. The topological polar surface area (TPSA) is 86.7 Å². The van der Waals surface area contributed by atoms with Gasteiger partial charge < -0.3 is 15.3 Å². The normalized spacial score (nSPS) is 15.0. The van der Waals surface area contributed by atoms with Gasteiger partial charge in [-0.2, -0.15) is 0 Å². The molecule has 1 aromatic carbocycles. The van der Waals surface area contributed by atoms with Crippen molar-refractivity contribution in [2.75, 3.05) is 19.4 Å². The van der Waals surface area contributed by atoms with Crippen LogP contribution >= 0.6 is 0 Å². The minimum absolute atomic E-state index is 0.152. The highest BCUT2D eigenvalue weighted by Gasteiger charge is 2.41. The summed E-state index contributed by atoms with van der Waals surface area (Å²) in [6.45, 7) is 0. The van der Waals surface area contributed by atoms with Crippen LogP contribution in [0, 0.1) is 17.7 Å². The van der Waals surface area contributed by atoms with E-state index in [0.29, 0.717) is 12.8 Å². The van der Waals surface area contributed by atoms with Gasteiger partial charge in [-0.05, 0) is 37.0 Å². The van der Waals surface area contributed by atoms with Crippen LogP contribution in [0.3, 0.4) is 0 Å². The van der Waals surface area contributed by atoms with Crippen molar-refractivity contribution < 1.29 is 23.9 Å². The first-order valence-corrected chi connectivity index (χ1v) is 6.86. The molecule has 0 saturated heterocycles. The Morgan fingerprint density at radius 1 is 1.32 bits per heavy atom. The first kappa shape index (κ1) is 15.9. The summed E-state index contributed by atoms with van der Waals surface area (Å²) < 4.78 is 13.7. The largest absolute Gasteiger partial charge is 0.481 e. The van der Waals surface area contributed by atoms with Crippen LogP contribution < -0.4 is 5.32 Å². The Kier molecular flexibility index (Phi) is 4.44. The second-order valence-electron chi connectivity index (χ2n) is 5.54. The Bertz CT molecular complexity index is 626. The summed E-state index contributed by atoms with van der Waals surface area (Å²) in [6, 6.07) is 3.58. The molecular formula is C15H17FN2O4. The number of nitrogens with one attached hydrogen (secondary N) is 1. The van der Waals surface area contributed by atoms with Crippen molar-refractivity contribution in [2.45, 2.75) is 12.8 Å². The van der Waals surface area contributed by atoms with Gasteiger partial charge >= 0.3 is 5.97 Å². The van der Waals surface area contributed by atoms with E-state index in [1.165, 1.54) is 31.1 Å². The molecule has 2 amide bonds. The van der Waals surface area contributed by atoms with Crippen LogP contribution in [0.5, 0.6) is 0 Å². The zero-order chi connectivity index (χ0) is 16.4. The Balaban J connectivity index is 2.19. The molecule has 0 aromatic heterocycles. The molecule has 2 rings (SSSR count). The summed E-state index contributed by atoms with van der Waals surface area (Å²) in [7, 11) is 2.97. The van der Waals surface area contributed by atoms with E-state index in [-0.39, 0.29) is 17.2 Å². The van der Waals surface area contributed by atoms with E-state index in [1.807, 2.05) is 0 Å². The molecule has 0 radical (unpaired) electrons. The Morgan fingerprint density at radius 3 is 2.45 bits per heavy atom. The average Bonchev–Trinajstić information content (AvgIpc) is 3.24. The predicted octanol–water partition coefficient (Wildman–Crippen LogP) is 1.58. The number of amides is 2. The molecule has 1 saturated carbocycles. The van der Waals surface area contributed by atoms with Gasteiger partial charge in [0.1, 0.15) is 11.7 Å². The van der Waals surface area contributed by atoms with Crippen LogP contribution in [-0.4, -0.2) is 41.9 Å². The smallest absolute Gasteiger partial charge is 0.316 e. The fourth-order valence-corrected chi connectivity index (χ4v) is 2.19. The number of aliphatic carboxylic acids is 1. The molecule has 1 fully saturated rings. The number of carboxylic acids is 1. The van der Waals surface area contributed by atoms with Crippen molar-refractivity contribution in [2.24, 2.45) is 11.8 Å². The molecule has 0 spiro atoms. The van der Waals surface area contributed by atoms with Gasteiger partial charge in [0.05, 0.1) is 5.56 Å². The lowest BCUT2D eigenvalue weighted by Crippen LogP contribution is -2.31. The van der Waals surface area contributed by atoms with Gasteiger partial charge in [-0.3, -0.25) is 14.4 Å². The number of benzene rings is 1. The number of halogens is 1. The quantitative estimate of drug-likeness (QED) is 0.809. The molecule has 118 valence electrons. The van der Waals surface area contributed by atoms with Crippen LogP contribution in [0.4, 0.5) is 10.1 Å². The maximum absolute atomic E-state index is 13.7. The standard InChI is InChI=1S/C15H17FN2O4/c1-18(2)14(20)10-7-9(5-6-11(10)16)17-13(19)12(15(21)22)8-3-4-8/h5-8,12H,3-4H2,1-2H3,(H,17,19)(H,21,22). The number of hydrogen-bond donors (Lipinski definition) is 2. The predicted molar refractivity (Wildman–Crippen MR) is 76.9 cm³/mol. The number of anilines is 1. The second-order valence-corrected chi connectivity index (χ2v) is 5.54. The van der Waals surface area contributed by atoms with Gasteiger partial charge in [-0.25, -0.2) is 4.39 Å². The molecule has 1 aromatic rings. The van der Waals surface area contributed by atoms with Crippen molar-refractivity contribution >= 4 is 23.5 Å². The third-order valence-corrected chi connectivity index (χ3v) is 3.51. The van der Waals surface area contributed by atoms with Crippen molar-refractivity contribution in [3.8, 4) is 0 Å². The van der Waals surface area contributed by atoms with Crippen molar-refractivity contribution in [1.29, 1.82) is 0 Å². The first-order chi connectivity index (χ1) is 10.3. The number of nitrogens with zero attached hydrogens (tertiary/aromatic N) is 1. The van der Waals surface area contributed by atoms with Gasteiger partial charge in [0.15, 0.2) is 0 Å². The molecule has 0 bridgehead atoms. The van der Waals surface area contributed by atoms with Crippen LogP contribution in [0.25, 0.3) is 0 Å². The van der Waals surface area contributed by atoms with Crippen molar-refractivity contribution in [3.05, 3.63) is 29.6 Å². The van der Waals surface area contributed by atoms with E-state index in [9.17, 15) is 18.8 Å². The maximum Gasteiger partial charge on any atom is 0.316 e. The Morgan fingerprint density at radius 2 is 1.95 bits per heavy atom. The zero-order valence-corrected chi connectivity index (χ0v) is 12.3. The molecule has 0 aliphatic heterocycles. The third-order valence-electron chi connectivity index (χ3n) is 3.51. The summed E-state index contributed by atoms with van der Waals surface area (Å²) in [5, 5.41) is 11.6. The van der Waals surface area contributed by atoms with Gasteiger partial charge in [0, 0.05) is 19.8 Å². The Hall–Kier alpha value is -2.44. The van der Waals surface area contributed by atoms with Gasteiger partial charge in [-0.1, -0.05) is 0 Å². The molecule has 1 unspecified atom stereocenters. The molecule has 1 atom stereocenters. The van der Waals surface area contributed by atoms with Gasteiger partial charge in [0.2, 0.25) is 5.91 Å². The summed E-state index contributed by atoms with van der Waals surface area (Å²) in [5.41, 5.74) is 0.0181. The monoisotopic (exact) mass is 308 g/mol. The van der Waals surface area contributed by atoms with Crippen molar-refractivity contribution in [3.63, 3.8) is 0 Å². The number of carbonyl (C=O) groups is 3. The zero-order valence-electron chi connectivity index (χ0n) is 12.3. The number of hydrogen-bond acceptors (Lipinski definition) is 3. The molecular weight excluding hydrogens is 291 g/mol. The molecule has 1 aliphatic rings. The molecule has 2 N–H and O–H groups in total. The van der Waals surface area contributed by atoms with Crippen LogP contribution in [0.1, 0.15) is 23.2 Å². The fourth-order valence-electron chi connectivity index (χ4n) is 2.19. The summed E-state index contributed by atoms with van der Waals surface area (Å²) >= 11 is 0. The van der Waals surface area contributed by atoms with Gasteiger partial charge in [-0.15, -0.1) is 0 Å². The van der Waals surface area contributed by atoms with E-state index >= 15 is 0 Å². The molecule has 22 heavy (non-hydrogen) atoms.